The monoisotopic (exact) mass is 235 g/mol. The normalized spacial score (nSPS) is 10.7. The lowest BCUT2D eigenvalue weighted by Gasteiger charge is -2.06. The van der Waals surface area contributed by atoms with Crippen LogP contribution < -0.4 is 0 Å². The van der Waals surface area contributed by atoms with Crippen LogP contribution in [0.4, 0.5) is 0 Å². The molecule has 0 spiro atoms. The summed E-state index contributed by atoms with van der Waals surface area (Å²) in [6, 6.07) is 16.1. The van der Waals surface area contributed by atoms with E-state index >= 15 is 0 Å². The van der Waals surface area contributed by atoms with E-state index in [1.165, 1.54) is 5.39 Å². The van der Waals surface area contributed by atoms with Gasteiger partial charge in [0.25, 0.3) is 0 Å². The predicted molar refractivity (Wildman–Crippen MR) is 73.1 cm³/mol. The van der Waals surface area contributed by atoms with Crippen LogP contribution in [0.15, 0.2) is 60.9 Å². The molecule has 1 N–H and O–H groups in total. The lowest BCUT2D eigenvalue weighted by Crippen LogP contribution is -1.86. The molecule has 1 heterocycles. The van der Waals surface area contributed by atoms with Gasteiger partial charge >= 0.3 is 0 Å². The number of rotatable bonds is 2. The molecule has 0 atom stereocenters. The largest absolute Gasteiger partial charge is 0.392 e. The van der Waals surface area contributed by atoms with Crippen LogP contribution in [0.2, 0.25) is 0 Å². The minimum Gasteiger partial charge on any atom is -0.392 e. The predicted octanol–water partition coefficient (Wildman–Crippen LogP) is 3.39. The van der Waals surface area contributed by atoms with Crippen molar-refractivity contribution in [2.75, 3.05) is 0 Å². The Labute approximate surface area is 106 Å². The number of hydrogen-bond donors (Lipinski definition) is 1. The third kappa shape index (κ3) is 1.87. The maximum atomic E-state index is 9.06. The molecule has 1 aromatic heterocycles. The van der Waals surface area contributed by atoms with Crippen LogP contribution in [0.3, 0.4) is 0 Å². The molecule has 0 aliphatic heterocycles. The Balaban J connectivity index is 2.18. The minimum absolute atomic E-state index is 0.0774. The zero-order chi connectivity index (χ0) is 12.4. The summed E-state index contributed by atoms with van der Waals surface area (Å²) in [5.41, 5.74) is 3.17. The number of fused-ring (bicyclic) bond motifs is 1. The van der Waals surface area contributed by atoms with Gasteiger partial charge in [-0.05, 0) is 16.5 Å². The fraction of sp³-hybridized carbons (Fsp3) is 0.0625. The second-order valence-electron chi connectivity index (χ2n) is 4.26. The number of aliphatic hydroxyl groups is 1. The number of benzene rings is 2. The zero-order valence-electron chi connectivity index (χ0n) is 9.88. The van der Waals surface area contributed by atoms with E-state index in [2.05, 4.69) is 17.1 Å². The quantitative estimate of drug-likeness (QED) is 0.738. The van der Waals surface area contributed by atoms with Crippen molar-refractivity contribution in [1.29, 1.82) is 0 Å². The highest BCUT2D eigenvalue weighted by molar-refractivity contribution is 5.95. The molecule has 3 rings (SSSR count). The van der Waals surface area contributed by atoms with Gasteiger partial charge < -0.3 is 5.11 Å². The average molecular weight is 235 g/mol. The Morgan fingerprint density at radius 2 is 1.67 bits per heavy atom. The molecule has 0 saturated carbocycles. The molecule has 3 aromatic rings. The van der Waals surface area contributed by atoms with Crippen molar-refractivity contribution in [2.45, 2.75) is 6.61 Å². The molecule has 2 heteroatoms. The molecule has 0 saturated heterocycles. The summed E-state index contributed by atoms with van der Waals surface area (Å²) in [5, 5.41) is 11.4. The molecule has 0 unspecified atom stereocenters. The van der Waals surface area contributed by atoms with Crippen LogP contribution >= 0.6 is 0 Å². The second kappa shape index (κ2) is 4.59. The van der Waals surface area contributed by atoms with Crippen molar-refractivity contribution in [1.82, 2.24) is 4.98 Å². The first kappa shape index (κ1) is 10.9. The van der Waals surface area contributed by atoms with Crippen molar-refractivity contribution < 1.29 is 5.11 Å². The van der Waals surface area contributed by atoms with Crippen LogP contribution in [0.5, 0.6) is 0 Å². The lowest BCUT2D eigenvalue weighted by molar-refractivity contribution is 0.282. The Bertz CT molecular complexity index is 669. The summed E-state index contributed by atoms with van der Waals surface area (Å²) in [4.78, 5) is 4.28. The topological polar surface area (TPSA) is 33.1 Å². The van der Waals surface area contributed by atoms with Gasteiger partial charge in [0.2, 0.25) is 0 Å². The van der Waals surface area contributed by atoms with Crippen molar-refractivity contribution in [3.63, 3.8) is 0 Å². The highest BCUT2D eigenvalue weighted by Gasteiger charge is 2.03. The first-order chi connectivity index (χ1) is 8.88. The Morgan fingerprint density at radius 3 is 2.44 bits per heavy atom. The molecule has 0 amide bonds. The standard InChI is InChI=1S/C16H13NO/c18-11-12-5-7-13(8-6-12)16-10-17-9-14-3-1-2-4-15(14)16/h1-10,18H,11H2. The Kier molecular flexibility index (Phi) is 2.79. The lowest BCUT2D eigenvalue weighted by atomic mass is 10.0. The van der Waals surface area contributed by atoms with Crippen molar-refractivity contribution in [2.24, 2.45) is 0 Å². The number of aromatic nitrogens is 1. The van der Waals surface area contributed by atoms with Crippen LogP contribution in [-0.4, -0.2) is 10.1 Å². The highest BCUT2D eigenvalue weighted by atomic mass is 16.3. The molecule has 0 fully saturated rings. The average Bonchev–Trinajstić information content (AvgIpc) is 2.47. The van der Waals surface area contributed by atoms with Crippen LogP contribution in [0.25, 0.3) is 21.9 Å². The van der Waals surface area contributed by atoms with Gasteiger partial charge in [-0.15, -0.1) is 0 Å². The summed E-state index contributed by atoms with van der Waals surface area (Å²) in [6.07, 6.45) is 3.76. The summed E-state index contributed by atoms with van der Waals surface area (Å²) in [5.74, 6) is 0. The van der Waals surface area contributed by atoms with E-state index in [0.29, 0.717) is 0 Å². The van der Waals surface area contributed by atoms with Gasteiger partial charge in [0.05, 0.1) is 6.61 Å². The van der Waals surface area contributed by atoms with E-state index < -0.39 is 0 Å². The van der Waals surface area contributed by atoms with Gasteiger partial charge in [-0.3, -0.25) is 4.98 Å². The molecule has 0 radical (unpaired) electrons. The highest BCUT2D eigenvalue weighted by Crippen LogP contribution is 2.27. The number of nitrogens with zero attached hydrogens (tertiary/aromatic N) is 1. The molecular formula is C16H13NO. The summed E-state index contributed by atoms with van der Waals surface area (Å²) in [6.45, 7) is 0.0774. The van der Waals surface area contributed by atoms with Crippen molar-refractivity contribution in [3.8, 4) is 11.1 Å². The van der Waals surface area contributed by atoms with E-state index in [1.54, 1.807) is 0 Å². The zero-order valence-corrected chi connectivity index (χ0v) is 9.88. The smallest absolute Gasteiger partial charge is 0.0681 e. The van der Waals surface area contributed by atoms with E-state index in [4.69, 9.17) is 5.11 Å². The maximum Gasteiger partial charge on any atom is 0.0681 e. The fourth-order valence-corrected chi connectivity index (χ4v) is 2.14. The molecule has 0 aliphatic carbocycles. The summed E-state index contributed by atoms with van der Waals surface area (Å²) < 4.78 is 0. The Morgan fingerprint density at radius 1 is 0.889 bits per heavy atom. The van der Waals surface area contributed by atoms with Crippen molar-refractivity contribution in [3.05, 3.63) is 66.5 Å². The fourth-order valence-electron chi connectivity index (χ4n) is 2.14. The first-order valence-corrected chi connectivity index (χ1v) is 5.91. The van der Waals surface area contributed by atoms with E-state index in [0.717, 1.165) is 22.1 Å². The molecule has 88 valence electrons. The Hall–Kier alpha value is -2.19. The maximum absolute atomic E-state index is 9.06. The molecule has 0 aliphatic rings. The van der Waals surface area contributed by atoms with E-state index in [9.17, 15) is 0 Å². The SMILES string of the molecule is OCc1ccc(-c2cncc3ccccc23)cc1. The van der Waals surface area contributed by atoms with E-state index in [1.807, 2.05) is 48.8 Å². The number of pyridine rings is 1. The molecule has 18 heavy (non-hydrogen) atoms. The van der Waals surface area contributed by atoms with Gasteiger partial charge in [-0.25, -0.2) is 0 Å². The van der Waals surface area contributed by atoms with Crippen LogP contribution in [0.1, 0.15) is 5.56 Å². The molecule has 0 bridgehead atoms. The summed E-state index contributed by atoms with van der Waals surface area (Å²) in [7, 11) is 0. The third-order valence-corrected chi connectivity index (χ3v) is 3.12. The minimum atomic E-state index is 0.0774. The van der Waals surface area contributed by atoms with Gasteiger partial charge in [-0.2, -0.15) is 0 Å². The van der Waals surface area contributed by atoms with Crippen molar-refractivity contribution >= 4 is 10.8 Å². The van der Waals surface area contributed by atoms with Crippen LogP contribution in [-0.2, 0) is 6.61 Å². The molecule has 2 nitrogen and oxygen atoms in total. The number of aliphatic hydroxyl groups excluding tert-OH is 1. The van der Waals surface area contributed by atoms with E-state index in [-0.39, 0.29) is 6.61 Å². The molecule has 2 aromatic carbocycles. The molecular weight excluding hydrogens is 222 g/mol. The van der Waals surface area contributed by atoms with Gasteiger partial charge in [-0.1, -0.05) is 48.5 Å². The van der Waals surface area contributed by atoms with Gasteiger partial charge in [0, 0.05) is 23.3 Å². The van der Waals surface area contributed by atoms with Crippen LogP contribution in [0, 0.1) is 0 Å². The van der Waals surface area contributed by atoms with Gasteiger partial charge in [0.15, 0.2) is 0 Å². The first-order valence-electron chi connectivity index (χ1n) is 5.91. The van der Waals surface area contributed by atoms with Gasteiger partial charge in [0.1, 0.15) is 0 Å². The summed E-state index contributed by atoms with van der Waals surface area (Å²) >= 11 is 0. The third-order valence-electron chi connectivity index (χ3n) is 3.12. The second-order valence-corrected chi connectivity index (χ2v) is 4.26. The number of hydrogen-bond acceptors (Lipinski definition) is 2.